The van der Waals surface area contributed by atoms with E-state index in [1.807, 2.05) is 19.1 Å². The van der Waals surface area contributed by atoms with Crippen molar-refractivity contribution in [3.63, 3.8) is 0 Å². The number of hydrogen-bond acceptors (Lipinski definition) is 5. The molecule has 2 aromatic rings. The summed E-state index contributed by atoms with van der Waals surface area (Å²) in [4.78, 5) is 13.1. The van der Waals surface area contributed by atoms with Crippen molar-refractivity contribution in [2.75, 3.05) is 18.1 Å². The number of amides is 1. The molecule has 2 atom stereocenters. The summed E-state index contributed by atoms with van der Waals surface area (Å²) in [6.07, 6.45) is 2.86. The molecule has 9 heteroatoms. The molecule has 1 saturated heterocycles. The van der Waals surface area contributed by atoms with Gasteiger partial charge in [0.1, 0.15) is 5.71 Å². The highest BCUT2D eigenvalue weighted by atomic mass is 35.5. The number of nitrogens with zero attached hydrogens (tertiary/aromatic N) is 4. The number of anilines is 1. The molecule has 0 saturated carbocycles. The van der Waals surface area contributed by atoms with Crippen molar-refractivity contribution >= 4 is 52.1 Å². The van der Waals surface area contributed by atoms with Crippen LogP contribution in [0.25, 0.3) is 0 Å². The van der Waals surface area contributed by atoms with Crippen LogP contribution in [-0.4, -0.2) is 34.9 Å². The first-order valence-corrected chi connectivity index (χ1v) is 11.3. The van der Waals surface area contributed by atoms with Crippen LogP contribution in [0.2, 0.25) is 15.1 Å². The normalized spacial score (nSPS) is 21.8. The first-order valence-electron chi connectivity index (χ1n) is 10.2. The minimum absolute atomic E-state index is 0.201. The van der Waals surface area contributed by atoms with Crippen LogP contribution in [0.3, 0.4) is 0 Å². The summed E-state index contributed by atoms with van der Waals surface area (Å²) < 4.78 is 0. The molecule has 2 heterocycles. The van der Waals surface area contributed by atoms with E-state index in [0.29, 0.717) is 39.0 Å². The Bertz CT molecular complexity index is 993. The summed E-state index contributed by atoms with van der Waals surface area (Å²) in [5.41, 5.74) is 1.72. The Morgan fingerprint density at radius 1 is 1.03 bits per heavy atom. The van der Waals surface area contributed by atoms with E-state index in [0.717, 1.165) is 24.8 Å². The van der Waals surface area contributed by atoms with Gasteiger partial charge in [-0.15, -0.1) is 0 Å². The van der Waals surface area contributed by atoms with Gasteiger partial charge < -0.3 is 10.4 Å². The quantitative estimate of drug-likeness (QED) is 0.509. The first-order chi connectivity index (χ1) is 14.9. The smallest absolute Gasteiger partial charge is 0.274 e. The van der Waals surface area contributed by atoms with Crippen LogP contribution in [0.5, 0.6) is 0 Å². The van der Waals surface area contributed by atoms with Crippen LogP contribution in [0.4, 0.5) is 5.69 Å². The molecule has 0 aliphatic carbocycles. The third-order valence-corrected chi connectivity index (χ3v) is 6.52. The molecular formula is C22H22Cl3N4O2-. The zero-order chi connectivity index (χ0) is 22.1. The maximum absolute atomic E-state index is 13.1. The molecule has 0 unspecified atom stereocenters. The molecule has 2 aliphatic heterocycles. The highest BCUT2D eigenvalue weighted by Crippen LogP contribution is 2.42. The molecular weight excluding hydrogens is 459 g/mol. The Kier molecular flexibility index (Phi) is 6.74. The van der Waals surface area contributed by atoms with Crippen LogP contribution in [0.1, 0.15) is 37.8 Å². The van der Waals surface area contributed by atoms with E-state index in [9.17, 15) is 10.0 Å². The number of hydroxylamine groups is 1. The van der Waals surface area contributed by atoms with Crippen LogP contribution in [-0.2, 0) is 4.79 Å². The van der Waals surface area contributed by atoms with Crippen LogP contribution in [0, 0.1) is 11.1 Å². The van der Waals surface area contributed by atoms with Gasteiger partial charge in [0.05, 0.1) is 16.8 Å². The van der Waals surface area contributed by atoms with Gasteiger partial charge >= 0.3 is 0 Å². The predicted molar refractivity (Wildman–Crippen MR) is 125 cm³/mol. The van der Waals surface area contributed by atoms with Crippen molar-refractivity contribution in [3.8, 4) is 0 Å². The standard InChI is InChI=1S/C22H22Cl3N4O2/c1-14-20(22(30)29(31)27-11-3-2-4-12-27)26-28(19-10-9-17(24)13-18(19)25)21(14)15-5-7-16(23)8-6-15/h5-10,13-14,21H,2-4,11-12H2,1H3/q-1/t14-,21+/m0/s1. The van der Waals surface area contributed by atoms with Crippen molar-refractivity contribution in [1.82, 2.24) is 10.2 Å². The molecule has 0 aromatic heterocycles. The van der Waals surface area contributed by atoms with E-state index < -0.39 is 5.91 Å². The molecule has 0 radical (unpaired) electrons. The Morgan fingerprint density at radius 2 is 1.68 bits per heavy atom. The van der Waals surface area contributed by atoms with Crippen LogP contribution >= 0.6 is 34.8 Å². The fourth-order valence-electron chi connectivity index (χ4n) is 4.11. The largest absolute Gasteiger partial charge is 0.741 e. The number of piperidine rings is 1. The Balaban J connectivity index is 1.71. The average Bonchev–Trinajstić information content (AvgIpc) is 3.10. The Labute approximate surface area is 196 Å². The summed E-state index contributed by atoms with van der Waals surface area (Å²) in [6.45, 7) is 3.04. The molecule has 2 aromatic carbocycles. The SMILES string of the molecule is C[C@H]1C(C(=O)N([O-])N2CCCCC2)=NN(c2ccc(Cl)cc2Cl)[C@H]1c1ccc(Cl)cc1. The fourth-order valence-corrected chi connectivity index (χ4v) is 4.74. The summed E-state index contributed by atoms with van der Waals surface area (Å²) >= 11 is 18.6. The fraction of sp³-hybridized carbons (Fsp3) is 0.364. The van der Waals surface area contributed by atoms with E-state index in [1.165, 1.54) is 0 Å². The number of rotatable bonds is 4. The number of carbonyl (C=O) groups excluding carboxylic acids is 1. The number of hydrazone groups is 1. The average molecular weight is 481 g/mol. The molecule has 0 N–H and O–H groups in total. The summed E-state index contributed by atoms with van der Waals surface area (Å²) in [6, 6.07) is 12.1. The maximum atomic E-state index is 13.1. The lowest BCUT2D eigenvalue weighted by Gasteiger charge is -2.41. The van der Waals surface area contributed by atoms with Gasteiger partial charge in [0.15, 0.2) is 0 Å². The minimum atomic E-state index is -0.638. The highest BCUT2D eigenvalue weighted by Gasteiger charge is 2.41. The van der Waals surface area contributed by atoms with E-state index in [4.69, 9.17) is 34.8 Å². The topological polar surface area (TPSA) is 62.2 Å². The number of halogens is 3. The lowest BCUT2D eigenvalue weighted by molar-refractivity contribution is -0.136. The first kappa shape index (κ1) is 22.4. The zero-order valence-corrected chi connectivity index (χ0v) is 19.2. The van der Waals surface area contributed by atoms with Crippen molar-refractivity contribution in [2.45, 2.75) is 32.2 Å². The lowest BCUT2D eigenvalue weighted by Crippen LogP contribution is -2.48. The number of carbonyl (C=O) groups is 1. The molecule has 164 valence electrons. The molecule has 0 spiro atoms. The minimum Gasteiger partial charge on any atom is -0.741 e. The maximum Gasteiger partial charge on any atom is 0.274 e. The third kappa shape index (κ3) is 4.54. The molecule has 1 fully saturated rings. The van der Waals surface area contributed by atoms with E-state index in [-0.39, 0.29) is 17.7 Å². The Hall–Kier alpha value is -1.83. The molecule has 4 rings (SSSR count). The lowest BCUT2D eigenvalue weighted by atomic mass is 9.91. The summed E-state index contributed by atoms with van der Waals surface area (Å²) in [7, 11) is 0. The zero-order valence-electron chi connectivity index (χ0n) is 17.0. The van der Waals surface area contributed by atoms with E-state index in [1.54, 1.807) is 40.3 Å². The second-order valence-electron chi connectivity index (χ2n) is 7.80. The van der Waals surface area contributed by atoms with Gasteiger partial charge in [-0.25, -0.2) is 5.01 Å². The second-order valence-corrected chi connectivity index (χ2v) is 9.08. The third-order valence-electron chi connectivity index (χ3n) is 5.73. The number of hydrazine groups is 1. The van der Waals surface area contributed by atoms with E-state index >= 15 is 0 Å². The molecule has 2 aliphatic rings. The molecule has 1 amide bonds. The van der Waals surface area contributed by atoms with Crippen LogP contribution in [0.15, 0.2) is 47.6 Å². The van der Waals surface area contributed by atoms with Crippen molar-refractivity contribution in [3.05, 3.63) is 68.3 Å². The summed E-state index contributed by atoms with van der Waals surface area (Å²) in [5.74, 6) is -0.984. The van der Waals surface area contributed by atoms with Crippen molar-refractivity contribution < 1.29 is 4.79 Å². The van der Waals surface area contributed by atoms with Gasteiger partial charge in [-0.05, 0) is 48.7 Å². The van der Waals surface area contributed by atoms with Crippen molar-refractivity contribution in [2.24, 2.45) is 11.0 Å². The van der Waals surface area contributed by atoms with Gasteiger partial charge in [0, 0.05) is 29.1 Å². The van der Waals surface area contributed by atoms with Gasteiger partial charge in [0.2, 0.25) is 0 Å². The van der Waals surface area contributed by atoms with Crippen LogP contribution < -0.4 is 5.01 Å². The molecule has 0 bridgehead atoms. The molecule has 6 nitrogen and oxygen atoms in total. The molecule has 31 heavy (non-hydrogen) atoms. The van der Waals surface area contributed by atoms with Gasteiger partial charge in [-0.1, -0.05) is 60.3 Å². The van der Waals surface area contributed by atoms with Gasteiger partial charge in [-0.3, -0.25) is 9.80 Å². The summed E-state index contributed by atoms with van der Waals surface area (Å²) in [5, 5.41) is 22.6. The van der Waals surface area contributed by atoms with Gasteiger partial charge in [0.25, 0.3) is 5.91 Å². The van der Waals surface area contributed by atoms with Crippen molar-refractivity contribution in [1.29, 1.82) is 0 Å². The highest BCUT2D eigenvalue weighted by molar-refractivity contribution is 6.41. The van der Waals surface area contributed by atoms with E-state index in [2.05, 4.69) is 5.10 Å². The van der Waals surface area contributed by atoms with Gasteiger partial charge in [-0.2, -0.15) is 5.10 Å². The number of hydrogen-bond donors (Lipinski definition) is 0. The predicted octanol–water partition coefficient (Wildman–Crippen LogP) is 5.93. The number of benzene rings is 2. The Morgan fingerprint density at radius 3 is 2.32 bits per heavy atom. The monoisotopic (exact) mass is 479 g/mol. The second kappa shape index (κ2) is 9.35.